The maximum Gasteiger partial charge on any atom is 0.227 e. The van der Waals surface area contributed by atoms with E-state index in [2.05, 4.69) is 15.5 Å². The minimum absolute atomic E-state index is 0.0602. The van der Waals surface area contributed by atoms with Crippen LogP contribution in [0.1, 0.15) is 30.4 Å². The Labute approximate surface area is 134 Å². The third kappa shape index (κ3) is 2.97. The number of nitrogens with zero attached hydrogens (tertiary/aromatic N) is 3. The molecule has 6 nitrogen and oxygen atoms in total. The van der Waals surface area contributed by atoms with Gasteiger partial charge in [0.15, 0.2) is 0 Å². The van der Waals surface area contributed by atoms with Crippen LogP contribution in [-0.2, 0) is 17.8 Å². The van der Waals surface area contributed by atoms with E-state index in [4.69, 9.17) is 4.52 Å². The van der Waals surface area contributed by atoms with E-state index in [-0.39, 0.29) is 5.91 Å². The highest BCUT2D eigenvalue weighted by molar-refractivity contribution is 5.91. The zero-order valence-electron chi connectivity index (χ0n) is 13.6. The van der Waals surface area contributed by atoms with Crippen LogP contribution in [0.4, 0.5) is 5.95 Å². The number of carbonyl (C=O) groups excluding carboxylic acids is 1. The van der Waals surface area contributed by atoms with Crippen LogP contribution in [0.25, 0.3) is 11.0 Å². The third-order valence-corrected chi connectivity index (χ3v) is 4.01. The molecule has 1 aromatic carbocycles. The second-order valence-corrected chi connectivity index (χ2v) is 5.52. The van der Waals surface area contributed by atoms with Gasteiger partial charge in [-0.3, -0.25) is 10.1 Å². The molecule has 0 saturated carbocycles. The lowest BCUT2D eigenvalue weighted by Gasteiger charge is -2.07. The Kier molecular flexibility index (Phi) is 4.14. The molecule has 0 spiro atoms. The molecule has 0 aliphatic heterocycles. The molecule has 0 aliphatic rings. The molecule has 3 rings (SSSR count). The number of aryl methyl sites for hydroxylation is 3. The van der Waals surface area contributed by atoms with Gasteiger partial charge in [0.25, 0.3) is 0 Å². The zero-order chi connectivity index (χ0) is 16.4. The molecule has 0 unspecified atom stereocenters. The fourth-order valence-electron chi connectivity index (χ4n) is 2.78. The number of nitrogens with one attached hydrogen (secondary N) is 1. The van der Waals surface area contributed by atoms with Gasteiger partial charge in [-0.15, -0.1) is 0 Å². The van der Waals surface area contributed by atoms with Crippen molar-refractivity contribution in [1.82, 2.24) is 14.7 Å². The lowest BCUT2D eigenvalue weighted by Crippen LogP contribution is -2.16. The van der Waals surface area contributed by atoms with Crippen LogP contribution in [0, 0.1) is 13.8 Å². The van der Waals surface area contributed by atoms with E-state index in [1.165, 1.54) is 0 Å². The molecule has 0 fully saturated rings. The number of aromatic nitrogens is 3. The second kappa shape index (κ2) is 6.24. The summed E-state index contributed by atoms with van der Waals surface area (Å²) in [4.78, 5) is 16.8. The van der Waals surface area contributed by atoms with Crippen LogP contribution in [0.5, 0.6) is 0 Å². The third-order valence-electron chi connectivity index (χ3n) is 4.01. The first-order valence-electron chi connectivity index (χ1n) is 7.77. The van der Waals surface area contributed by atoms with Crippen molar-refractivity contribution in [2.45, 2.75) is 40.2 Å². The normalized spacial score (nSPS) is 11.1. The maximum atomic E-state index is 12.3. The summed E-state index contributed by atoms with van der Waals surface area (Å²) in [5.41, 5.74) is 3.76. The molecule has 0 atom stereocenters. The van der Waals surface area contributed by atoms with Gasteiger partial charge in [-0.1, -0.05) is 17.3 Å². The van der Waals surface area contributed by atoms with E-state index in [1.807, 2.05) is 49.6 Å². The van der Waals surface area contributed by atoms with Gasteiger partial charge >= 0.3 is 0 Å². The topological polar surface area (TPSA) is 73.0 Å². The van der Waals surface area contributed by atoms with Gasteiger partial charge in [0.05, 0.1) is 16.7 Å². The highest BCUT2D eigenvalue weighted by Crippen LogP contribution is 2.20. The first-order valence-corrected chi connectivity index (χ1v) is 7.77. The largest absolute Gasteiger partial charge is 0.361 e. The molecule has 0 aliphatic carbocycles. The average molecular weight is 312 g/mol. The molecule has 2 heterocycles. The van der Waals surface area contributed by atoms with E-state index in [0.717, 1.165) is 34.6 Å². The van der Waals surface area contributed by atoms with E-state index in [9.17, 15) is 4.79 Å². The van der Waals surface area contributed by atoms with Gasteiger partial charge in [-0.2, -0.15) is 0 Å². The van der Waals surface area contributed by atoms with Crippen molar-refractivity contribution in [3.8, 4) is 0 Å². The van der Waals surface area contributed by atoms with E-state index >= 15 is 0 Å². The SMILES string of the molecule is CCn1c(NC(=O)CCc2c(C)noc2C)nc2ccccc21. The Morgan fingerprint density at radius 2 is 2.09 bits per heavy atom. The highest BCUT2D eigenvalue weighted by atomic mass is 16.5. The number of hydrogen-bond donors (Lipinski definition) is 1. The van der Waals surface area contributed by atoms with Gasteiger partial charge < -0.3 is 9.09 Å². The van der Waals surface area contributed by atoms with Crippen LogP contribution in [-0.4, -0.2) is 20.6 Å². The molecule has 0 bridgehead atoms. The quantitative estimate of drug-likeness (QED) is 0.785. The number of amides is 1. The number of fused-ring (bicyclic) bond motifs is 1. The lowest BCUT2D eigenvalue weighted by molar-refractivity contribution is -0.116. The monoisotopic (exact) mass is 312 g/mol. The Morgan fingerprint density at radius 1 is 1.30 bits per heavy atom. The smallest absolute Gasteiger partial charge is 0.227 e. The number of hydrogen-bond acceptors (Lipinski definition) is 4. The minimum Gasteiger partial charge on any atom is -0.361 e. The number of imidazole rings is 1. The summed E-state index contributed by atoms with van der Waals surface area (Å²) in [6.45, 7) is 6.54. The standard InChI is InChI=1S/C17H20N4O2/c1-4-21-15-8-6-5-7-14(15)18-17(21)19-16(22)10-9-13-11(2)20-23-12(13)3/h5-8H,4,9-10H2,1-3H3,(H,18,19,22). The molecule has 1 amide bonds. The highest BCUT2D eigenvalue weighted by Gasteiger charge is 2.14. The summed E-state index contributed by atoms with van der Waals surface area (Å²) in [6, 6.07) is 7.87. The summed E-state index contributed by atoms with van der Waals surface area (Å²) < 4.78 is 7.13. The van der Waals surface area contributed by atoms with Gasteiger partial charge in [0.1, 0.15) is 5.76 Å². The predicted octanol–water partition coefficient (Wildman–Crippen LogP) is 3.23. The molecule has 0 radical (unpaired) electrons. The second-order valence-electron chi connectivity index (χ2n) is 5.52. The van der Waals surface area contributed by atoms with Crippen molar-refractivity contribution < 1.29 is 9.32 Å². The van der Waals surface area contributed by atoms with Crippen LogP contribution in [0.3, 0.4) is 0 Å². The maximum absolute atomic E-state index is 12.3. The number of carbonyl (C=O) groups is 1. The van der Waals surface area contributed by atoms with Gasteiger partial charge in [0.2, 0.25) is 11.9 Å². The lowest BCUT2D eigenvalue weighted by atomic mass is 10.1. The molecule has 23 heavy (non-hydrogen) atoms. The van der Waals surface area contributed by atoms with E-state index < -0.39 is 0 Å². The number of benzene rings is 1. The van der Waals surface area contributed by atoms with Crippen LogP contribution < -0.4 is 5.32 Å². The number of anilines is 1. The molecule has 6 heteroatoms. The average Bonchev–Trinajstić information content (AvgIpc) is 3.05. The number of rotatable bonds is 5. The van der Waals surface area contributed by atoms with Gasteiger partial charge in [-0.05, 0) is 39.3 Å². The Balaban J connectivity index is 1.73. The van der Waals surface area contributed by atoms with Crippen molar-refractivity contribution in [1.29, 1.82) is 0 Å². The molecule has 1 N–H and O–H groups in total. The Hall–Kier alpha value is -2.63. The fourth-order valence-corrected chi connectivity index (χ4v) is 2.78. The number of para-hydroxylation sites is 2. The molecule has 3 aromatic rings. The summed E-state index contributed by atoms with van der Waals surface area (Å²) in [6.07, 6.45) is 0.981. The molecule has 120 valence electrons. The summed E-state index contributed by atoms with van der Waals surface area (Å²) in [7, 11) is 0. The van der Waals surface area contributed by atoms with E-state index in [0.29, 0.717) is 18.8 Å². The van der Waals surface area contributed by atoms with Crippen LogP contribution >= 0.6 is 0 Å². The first-order chi connectivity index (χ1) is 11.1. The minimum atomic E-state index is -0.0602. The zero-order valence-corrected chi connectivity index (χ0v) is 13.6. The van der Waals surface area contributed by atoms with Crippen molar-refractivity contribution in [3.63, 3.8) is 0 Å². The van der Waals surface area contributed by atoms with Gasteiger partial charge in [0, 0.05) is 18.5 Å². The van der Waals surface area contributed by atoms with Crippen LogP contribution in [0.2, 0.25) is 0 Å². The summed E-state index contributed by atoms with van der Waals surface area (Å²) in [5, 5.41) is 6.83. The fraction of sp³-hybridized carbons (Fsp3) is 0.353. The molecular formula is C17H20N4O2. The van der Waals surface area contributed by atoms with Crippen molar-refractivity contribution in [2.24, 2.45) is 0 Å². The van der Waals surface area contributed by atoms with Crippen molar-refractivity contribution in [3.05, 3.63) is 41.3 Å². The van der Waals surface area contributed by atoms with E-state index in [1.54, 1.807) is 0 Å². The Morgan fingerprint density at radius 3 is 2.78 bits per heavy atom. The van der Waals surface area contributed by atoms with Crippen molar-refractivity contribution in [2.75, 3.05) is 5.32 Å². The predicted molar refractivity (Wildman–Crippen MR) is 88.3 cm³/mol. The molecular weight excluding hydrogens is 292 g/mol. The summed E-state index contributed by atoms with van der Waals surface area (Å²) >= 11 is 0. The summed E-state index contributed by atoms with van der Waals surface area (Å²) in [5.74, 6) is 1.31. The van der Waals surface area contributed by atoms with Gasteiger partial charge in [-0.25, -0.2) is 4.98 Å². The first kappa shape index (κ1) is 15.3. The van der Waals surface area contributed by atoms with Crippen LogP contribution in [0.15, 0.2) is 28.8 Å². The molecule has 0 saturated heterocycles. The Bertz CT molecular complexity index is 828. The molecule has 2 aromatic heterocycles. The van der Waals surface area contributed by atoms with Crippen molar-refractivity contribution >= 4 is 22.9 Å².